The zero-order valence-corrected chi connectivity index (χ0v) is 14.9. The maximum absolute atomic E-state index is 11.6. The topological polar surface area (TPSA) is 109 Å². The van der Waals surface area contributed by atoms with E-state index in [-0.39, 0.29) is 17.7 Å². The second-order valence-electron chi connectivity index (χ2n) is 5.45. The molecule has 1 amide bonds. The van der Waals surface area contributed by atoms with E-state index < -0.39 is 11.9 Å². The molecule has 7 heteroatoms. The average Bonchev–Trinajstić information content (AvgIpc) is 2.70. The van der Waals surface area contributed by atoms with Crippen molar-refractivity contribution in [2.24, 2.45) is 0 Å². The minimum atomic E-state index is -1.00. The number of carboxylic acid groups (broad SMARTS) is 1. The molecule has 0 bridgehead atoms. The molecule has 0 aliphatic carbocycles. The van der Waals surface area contributed by atoms with Crippen molar-refractivity contribution in [1.29, 1.82) is 5.26 Å². The molecule has 0 radical (unpaired) electrons. The van der Waals surface area contributed by atoms with Crippen molar-refractivity contribution in [1.82, 2.24) is 5.32 Å². The van der Waals surface area contributed by atoms with Gasteiger partial charge in [-0.3, -0.25) is 4.79 Å². The van der Waals surface area contributed by atoms with Crippen molar-refractivity contribution >= 4 is 18.0 Å². The molecular formula is C20H18N2O5. The Kier molecular flexibility index (Phi) is 6.55. The Hall–Kier alpha value is -3.79. The molecule has 27 heavy (non-hydrogen) atoms. The van der Waals surface area contributed by atoms with Crippen molar-refractivity contribution in [3.8, 4) is 17.6 Å². The van der Waals surface area contributed by atoms with Crippen LogP contribution in [0, 0.1) is 11.3 Å². The van der Waals surface area contributed by atoms with Crippen molar-refractivity contribution in [2.45, 2.75) is 6.61 Å². The Labute approximate surface area is 156 Å². The summed E-state index contributed by atoms with van der Waals surface area (Å²) in [6.45, 7) is 0.161. The fourth-order valence-corrected chi connectivity index (χ4v) is 2.30. The van der Waals surface area contributed by atoms with Gasteiger partial charge < -0.3 is 19.9 Å². The van der Waals surface area contributed by atoms with Gasteiger partial charge in [0.15, 0.2) is 11.5 Å². The summed E-state index contributed by atoms with van der Waals surface area (Å²) in [5.41, 5.74) is 1.46. The molecule has 0 atom stereocenters. The Morgan fingerprint density at radius 2 is 2.00 bits per heavy atom. The van der Waals surface area contributed by atoms with E-state index in [1.165, 1.54) is 32.4 Å². The van der Waals surface area contributed by atoms with Gasteiger partial charge in [0.05, 0.1) is 12.7 Å². The first-order valence-corrected chi connectivity index (χ1v) is 7.95. The number of nitriles is 1. The highest BCUT2D eigenvalue weighted by atomic mass is 16.5. The van der Waals surface area contributed by atoms with Crippen molar-refractivity contribution < 1.29 is 24.2 Å². The second kappa shape index (κ2) is 9.06. The van der Waals surface area contributed by atoms with Crippen LogP contribution >= 0.6 is 0 Å². The van der Waals surface area contributed by atoms with E-state index in [4.69, 9.17) is 19.8 Å². The van der Waals surface area contributed by atoms with Gasteiger partial charge in [0.2, 0.25) is 0 Å². The lowest BCUT2D eigenvalue weighted by Gasteiger charge is -2.12. The summed E-state index contributed by atoms with van der Waals surface area (Å²) in [7, 11) is 2.93. The average molecular weight is 366 g/mol. The number of carboxylic acids is 1. The molecule has 7 nitrogen and oxygen atoms in total. The Balaban J connectivity index is 2.20. The molecule has 2 aromatic carbocycles. The quantitative estimate of drug-likeness (QED) is 0.576. The zero-order chi connectivity index (χ0) is 19.8. The second-order valence-corrected chi connectivity index (χ2v) is 5.45. The summed E-state index contributed by atoms with van der Waals surface area (Å²) in [6.07, 6.45) is 1.45. The molecule has 0 fully saturated rings. The Morgan fingerprint density at radius 1 is 1.22 bits per heavy atom. The van der Waals surface area contributed by atoms with Gasteiger partial charge >= 0.3 is 5.97 Å². The van der Waals surface area contributed by atoms with Crippen LogP contribution in [0.5, 0.6) is 11.5 Å². The summed E-state index contributed by atoms with van der Waals surface area (Å²) in [5, 5.41) is 20.5. The van der Waals surface area contributed by atoms with Crippen LogP contribution in [0.4, 0.5) is 0 Å². The molecule has 0 saturated carbocycles. The number of aromatic carboxylic acids is 1. The highest BCUT2D eigenvalue weighted by molar-refractivity contribution is 6.01. The third kappa shape index (κ3) is 5.09. The fraction of sp³-hybridized carbons (Fsp3) is 0.150. The van der Waals surface area contributed by atoms with Gasteiger partial charge in [-0.2, -0.15) is 5.26 Å². The number of likely N-dealkylation sites (N-methyl/N-ethyl adjacent to an activating group) is 1. The number of hydrogen-bond donors (Lipinski definition) is 2. The largest absolute Gasteiger partial charge is 0.493 e. The standard InChI is InChI=1S/C20H18N2O5/c1-22-19(23)16(11-21)8-13-6-7-17(18(10-13)26-2)27-12-14-4-3-5-15(9-14)20(24)25/h3-10H,12H2,1-2H3,(H,22,23)(H,24,25)/b16-8-. The summed E-state index contributed by atoms with van der Waals surface area (Å²) >= 11 is 0. The van der Waals surface area contributed by atoms with Gasteiger partial charge in [0.1, 0.15) is 18.2 Å². The van der Waals surface area contributed by atoms with Gasteiger partial charge in [-0.05, 0) is 41.5 Å². The monoisotopic (exact) mass is 366 g/mol. The van der Waals surface area contributed by atoms with Crippen LogP contribution in [0.1, 0.15) is 21.5 Å². The van der Waals surface area contributed by atoms with Crippen LogP contribution in [-0.4, -0.2) is 31.1 Å². The minimum Gasteiger partial charge on any atom is -0.493 e. The maximum atomic E-state index is 11.6. The van der Waals surface area contributed by atoms with Crippen LogP contribution in [0.25, 0.3) is 6.08 Å². The highest BCUT2D eigenvalue weighted by Gasteiger charge is 2.10. The summed E-state index contributed by atoms with van der Waals surface area (Å²) in [6, 6.07) is 13.3. The van der Waals surface area contributed by atoms with E-state index in [9.17, 15) is 9.59 Å². The summed E-state index contributed by atoms with van der Waals surface area (Å²) < 4.78 is 11.0. The van der Waals surface area contributed by atoms with Crippen LogP contribution < -0.4 is 14.8 Å². The molecule has 0 heterocycles. The highest BCUT2D eigenvalue weighted by Crippen LogP contribution is 2.29. The number of carbonyl (C=O) groups excluding carboxylic acids is 1. The Bertz CT molecular complexity index is 928. The molecule has 0 aromatic heterocycles. The molecule has 2 aromatic rings. The number of benzene rings is 2. The number of methoxy groups -OCH3 is 1. The molecule has 2 rings (SSSR count). The molecule has 2 N–H and O–H groups in total. The molecule has 0 aliphatic rings. The molecular weight excluding hydrogens is 348 g/mol. The lowest BCUT2D eigenvalue weighted by atomic mass is 10.1. The van der Waals surface area contributed by atoms with Crippen molar-refractivity contribution in [3.05, 3.63) is 64.7 Å². The van der Waals surface area contributed by atoms with E-state index in [0.717, 1.165) is 0 Å². The minimum absolute atomic E-state index is 0.0290. The van der Waals surface area contributed by atoms with E-state index >= 15 is 0 Å². The molecule has 0 saturated heterocycles. The van der Waals surface area contributed by atoms with E-state index in [1.54, 1.807) is 30.3 Å². The van der Waals surface area contributed by atoms with Crippen LogP contribution in [0.15, 0.2) is 48.0 Å². The van der Waals surface area contributed by atoms with Gasteiger partial charge in [-0.15, -0.1) is 0 Å². The van der Waals surface area contributed by atoms with E-state index in [0.29, 0.717) is 22.6 Å². The van der Waals surface area contributed by atoms with Crippen molar-refractivity contribution in [2.75, 3.05) is 14.2 Å². The van der Waals surface area contributed by atoms with Crippen LogP contribution in [-0.2, 0) is 11.4 Å². The molecule has 0 aliphatic heterocycles. The van der Waals surface area contributed by atoms with E-state index in [2.05, 4.69) is 5.32 Å². The number of nitrogens with zero attached hydrogens (tertiary/aromatic N) is 1. The zero-order valence-electron chi connectivity index (χ0n) is 14.9. The maximum Gasteiger partial charge on any atom is 0.335 e. The smallest absolute Gasteiger partial charge is 0.335 e. The lowest BCUT2D eigenvalue weighted by Crippen LogP contribution is -2.19. The van der Waals surface area contributed by atoms with Gasteiger partial charge in [-0.1, -0.05) is 18.2 Å². The SMILES string of the molecule is CNC(=O)/C(C#N)=C\c1ccc(OCc2cccc(C(=O)O)c2)c(OC)c1. The molecule has 138 valence electrons. The number of amides is 1. The number of ether oxygens (including phenoxy) is 2. The molecule has 0 spiro atoms. The van der Waals surface area contributed by atoms with Crippen molar-refractivity contribution in [3.63, 3.8) is 0 Å². The van der Waals surface area contributed by atoms with Crippen LogP contribution in [0.3, 0.4) is 0 Å². The number of hydrogen-bond acceptors (Lipinski definition) is 5. The Morgan fingerprint density at radius 3 is 2.63 bits per heavy atom. The van der Waals surface area contributed by atoms with Gasteiger partial charge in [0.25, 0.3) is 5.91 Å². The van der Waals surface area contributed by atoms with Gasteiger partial charge in [-0.25, -0.2) is 4.79 Å². The third-order valence-corrected chi connectivity index (χ3v) is 3.66. The molecule has 0 unspecified atom stereocenters. The number of nitrogens with one attached hydrogen (secondary N) is 1. The first-order valence-electron chi connectivity index (χ1n) is 7.95. The number of rotatable bonds is 7. The normalized spacial score (nSPS) is 10.6. The summed E-state index contributed by atoms with van der Waals surface area (Å²) in [5.74, 6) is -0.605. The van der Waals surface area contributed by atoms with E-state index in [1.807, 2.05) is 6.07 Å². The first-order chi connectivity index (χ1) is 13.0. The fourth-order valence-electron chi connectivity index (χ4n) is 2.30. The first kappa shape index (κ1) is 19.5. The number of carbonyl (C=O) groups is 2. The predicted octanol–water partition coefficient (Wildman–Crippen LogP) is 2.63. The van der Waals surface area contributed by atoms with Gasteiger partial charge in [0, 0.05) is 7.05 Å². The third-order valence-electron chi connectivity index (χ3n) is 3.66. The predicted molar refractivity (Wildman–Crippen MR) is 98.4 cm³/mol. The lowest BCUT2D eigenvalue weighted by molar-refractivity contribution is -0.116. The summed E-state index contributed by atoms with van der Waals surface area (Å²) in [4.78, 5) is 22.6. The van der Waals surface area contributed by atoms with Crippen LogP contribution in [0.2, 0.25) is 0 Å².